The summed E-state index contributed by atoms with van der Waals surface area (Å²) in [5.74, 6) is 0.0145. The highest BCUT2D eigenvalue weighted by atomic mass is 19.1. The maximum Gasteiger partial charge on any atom is 0.251 e. The van der Waals surface area contributed by atoms with Crippen LogP contribution in [0.15, 0.2) is 30.5 Å². The molecule has 0 bridgehead atoms. The first-order valence-corrected chi connectivity index (χ1v) is 8.22. The normalized spacial score (nSPS) is 12.8. The van der Waals surface area contributed by atoms with Crippen molar-refractivity contribution in [1.29, 1.82) is 0 Å². The summed E-state index contributed by atoms with van der Waals surface area (Å²) >= 11 is 0. The number of aryl methyl sites for hydroxylation is 1. The summed E-state index contributed by atoms with van der Waals surface area (Å²) in [5.41, 5.74) is 2.24. The predicted molar refractivity (Wildman–Crippen MR) is 89.0 cm³/mol. The zero-order chi connectivity index (χ0) is 17.8. The molecule has 1 aliphatic rings. The van der Waals surface area contributed by atoms with E-state index in [4.69, 9.17) is 0 Å². The van der Waals surface area contributed by atoms with Gasteiger partial charge in [-0.15, -0.1) is 0 Å². The third-order valence-electron chi connectivity index (χ3n) is 4.11. The molecule has 6 nitrogen and oxygen atoms in total. The third-order valence-corrected chi connectivity index (χ3v) is 4.11. The van der Waals surface area contributed by atoms with E-state index >= 15 is 0 Å². The number of nitrogens with one attached hydrogen (secondary N) is 1. The van der Waals surface area contributed by atoms with E-state index in [-0.39, 0.29) is 24.8 Å². The third kappa shape index (κ3) is 3.99. The van der Waals surface area contributed by atoms with Crippen LogP contribution in [0.25, 0.3) is 0 Å². The molecule has 0 spiro atoms. The van der Waals surface area contributed by atoms with Gasteiger partial charge < -0.3 is 10.2 Å². The zero-order valence-electron chi connectivity index (χ0n) is 14.0. The summed E-state index contributed by atoms with van der Waals surface area (Å²) in [6, 6.07) is 5.28. The van der Waals surface area contributed by atoms with Crippen molar-refractivity contribution in [2.75, 3.05) is 6.54 Å². The Bertz CT molecular complexity index is 792. The average molecular weight is 342 g/mol. The maximum absolute atomic E-state index is 12.8. The minimum Gasteiger partial charge on any atom is -0.352 e. The fourth-order valence-corrected chi connectivity index (χ4v) is 2.69. The zero-order valence-corrected chi connectivity index (χ0v) is 14.0. The fourth-order valence-electron chi connectivity index (χ4n) is 2.69. The van der Waals surface area contributed by atoms with Crippen LogP contribution < -0.4 is 5.32 Å². The van der Waals surface area contributed by atoms with Crippen LogP contribution in [0.3, 0.4) is 0 Å². The number of hydrogen-bond donors (Lipinski definition) is 1. The van der Waals surface area contributed by atoms with Gasteiger partial charge in [0, 0.05) is 43.3 Å². The Labute approximate surface area is 145 Å². The van der Waals surface area contributed by atoms with E-state index in [0.717, 1.165) is 23.5 Å². The first-order chi connectivity index (χ1) is 12.1. The molecular weight excluding hydrogens is 323 g/mol. The molecule has 7 heteroatoms. The van der Waals surface area contributed by atoms with Crippen molar-refractivity contribution in [3.05, 3.63) is 58.9 Å². The van der Waals surface area contributed by atoms with Gasteiger partial charge in [-0.25, -0.2) is 14.4 Å². The summed E-state index contributed by atoms with van der Waals surface area (Å²) in [7, 11) is 0. The largest absolute Gasteiger partial charge is 0.352 e. The number of halogens is 1. The predicted octanol–water partition coefficient (Wildman–Crippen LogP) is 1.84. The highest BCUT2D eigenvalue weighted by Crippen LogP contribution is 2.20. The highest BCUT2D eigenvalue weighted by Gasteiger charge is 2.24. The van der Waals surface area contributed by atoms with Crippen molar-refractivity contribution < 1.29 is 14.0 Å². The molecule has 2 aromatic rings. The van der Waals surface area contributed by atoms with Crippen molar-refractivity contribution in [2.24, 2.45) is 0 Å². The van der Waals surface area contributed by atoms with Crippen molar-refractivity contribution in [1.82, 2.24) is 20.2 Å². The lowest BCUT2D eigenvalue weighted by atomic mass is 10.2. The molecule has 0 saturated heterocycles. The van der Waals surface area contributed by atoms with Gasteiger partial charge in [-0.3, -0.25) is 9.59 Å². The van der Waals surface area contributed by atoms with E-state index in [1.807, 2.05) is 6.92 Å². The van der Waals surface area contributed by atoms with Crippen molar-refractivity contribution in [3.8, 4) is 0 Å². The maximum atomic E-state index is 12.8. The van der Waals surface area contributed by atoms with Gasteiger partial charge in [0.05, 0.1) is 12.2 Å². The number of amides is 2. The summed E-state index contributed by atoms with van der Waals surface area (Å²) in [6.07, 6.45) is 2.75. The van der Waals surface area contributed by atoms with Crippen LogP contribution in [0.2, 0.25) is 0 Å². The highest BCUT2D eigenvalue weighted by molar-refractivity contribution is 5.94. The van der Waals surface area contributed by atoms with Crippen LogP contribution >= 0.6 is 0 Å². The topological polar surface area (TPSA) is 75.2 Å². The van der Waals surface area contributed by atoms with Gasteiger partial charge in [-0.1, -0.05) is 6.92 Å². The number of nitrogens with zero attached hydrogens (tertiary/aromatic N) is 3. The second kappa shape index (κ2) is 7.38. The molecule has 0 aliphatic carbocycles. The van der Waals surface area contributed by atoms with Crippen LogP contribution in [0.5, 0.6) is 0 Å². The molecule has 1 aromatic heterocycles. The van der Waals surface area contributed by atoms with Gasteiger partial charge in [0.25, 0.3) is 5.91 Å². The Morgan fingerprint density at radius 3 is 2.72 bits per heavy atom. The number of fused-ring (bicyclic) bond motifs is 1. The lowest BCUT2D eigenvalue weighted by molar-refractivity contribution is -0.131. The average Bonchev–Trinajstić information content (AvgIpc) is 3.05. The monoisotopic (exact) mass is 342 g/mol. The smallest absolute Gasteiger partial charge is 0.251 e. The molecule has 0 saturated carbocycles. The van der Waals surface area contributed by atoms with Crippen LogP contribution in [0.1, 0.15) is 40.8 Å². The first-order valence-electron chi connectivity index (χ1n) is 8.22. The van der Waals surface area contributed by atoms with E-state index in [1.165, 1.54) is 24.3 Å². The molecule has 0 radical (unpaired) electrons. The molecule has 3 rings (SSSR count). The Morgan fingerprint density at radius 2 is 2.00 bits per heavy atom. The molecule has 2 heterocycles. The summed E-state index contributed by atoms with van der Waals surface area (Å²) in [4.78, 5) is 34.7. The van der Waals surface area contributed by atoms with Gasteiger partial charge in [0.2, 0.25) is 5.91 Å². The minimum atomic E-state index is -0.394. The van der Waals surface area contributed by atoms with Crippen molar-refractivity contribution in [2.45, 2.75) is 32.9 Å². The van der Waals surface area contributed by atoms with E-state index < -0.39 is 5.82 Å². The molecule has 1 N–H and O–H groups in total. The Morgan fingerprint density at radius 1 is 1.24 bits per heavy atom. The second-order valence-corrected chi connectivity index (χ2v) is 5.87. The summed E-state index contributed by atoms with van der Waals surface area (Å²) in [5, 5.41) is 2.68. The van der Waals surface area contributed by atoms with Crippen LogP contribution in [-0.4, -0.2) is 33.2 Å². The van der Waals surface area contributed by atoms with E-state index in [0.29, 0.717) is 18.7 Å². The number of hydrogen-bond acceptors (Lipinski definition) is 4. The summed E-state index contributed by atoms with van der Waals surface area (Å²) in [6.45, 7) is 3.21. The number of rotatable bonds is 5. The molecular formula is C18H19FN4O2. The van der Waals surface area contributed by atoms with Gasteiger partial charge in [-0.2, -0.15) is 0 Å². The van der Waals surface area contributed by atoms with Crippen molar-refractivity contribution in [3.63, 3.8) is 0 Å². The van der Waals surface area contributed by atoms with Gasteiger partial charge in [0.1, 0.15) is 11.6 Å². The molecule has 25 heavy (non-hydrogen) atoms. The molecule has 0 atom stereocenters. The molecule has 2 amide bonds. The molecule has 1 aromatic carbocycles. The molecule has 0 unspecified atom stereocenters. The molecule has 130 valence electrons. The van der Waals surface area contributed by atoms with Crippen LogP contribution in [0, 0.1) is 5.82 Å². The van der Waals surface area contributed by atoms with E-state index in [1.54, 1.807) is 11.1 Å². The van der Waals surface area contributed by atoms with Gasteiger partial charge in [-0.05, 0) is 24.3 Å². The Kier molecular flexibility index (Phi) is 5.02. The number of carbonyl (C=O) groups excluding carboxylic acids is 2. The van der Waals surface area contributed by atoms with Crippen LogP contribution in [-0.2, 0) is 24.3 Å². The lowest BCUT2D eigenvalue weighted by Gasteiger charge is -2.15. The molecule has 1 aliphatic heterocycles. The standard InChI is InChI=1S/C18H19FN4O2/c1-2-16-21-9-13-10-23(11-15(13)22-16)17(24)7-8-20-18(25)12-3-5-14(19)6-4-12/h3-6,9H,2,7-8,10-11H2,1H3,(H,20,25). The van der Waals surface area contributed by atoms with E-state index in [9.17, 15) is 14.0 Å². The first kappa shape index (κ1) is 17.0. The Balaban J connectivity index is 1.49. The SMILES string of the molecule is CCc1ncc2c(n1)CN(C(=O)CCNC(=O)c1ccc(F)cc1)C2. The summed E-state index contributed by atoms with van der Waals surface area (Å²) < 4.78 is 12.8. The van der Waals surface area contributed by atoms with Gasteiger partial charge in [0.15, 0.2) is 0 Å². The fraction of sp³-hybridized carbons (Fsp3) is 0.333. The number of benzene rings is 1. The number of aromatic nitrogens is 2. The minimum absolute atomic E-state index is 0.0459. The van der Waals surface area contributed by atoms with Gasteiger partial charge >= 0.3 is 0 Å². The van der Waals surface area contributed by atoms with Crippen molar-refractivity contribution >= 4 is 11.8 Å². The quantitative estimate of drug-likeness (QED) is 0.900. The van der Waals surface area contributed by atoms with Crippen LogP contribution in [0.4, 0.5) is 4.39 Å². The van der Waals surface area contributed by atoms with E-state index in [2.05, 4.69) is 15.3 Å². The molecule has 0 fully saturated rings. The second-order valence-electron chi connectivity index (χ2n) is 5.87. The number of carbonyl (C=O) groups is 2. The Hall–Kier alpha value is -2.83. The lowest BCUT2D eigenvalue weighted by Crippen LogP contribution is -2.31.